The van der Waals surface area contributed by atoms with Crippen molar-refractivity contribution in [1.29, 1.82) is 0 Å². The zero-order valence-electron chi connectivity index (χ0n) is 17.5. The number of aromatic amines is 1. The SMILES string of the molecule is CCCNC(=O)NC[C@@H]1C=C(C)[C@H](Cc2nc3ncccc3[nH]2)C[C@H]1C(C)C. The van der Waals surface area contributed by atoms with Crippen LogP contribution < -0.4 is 10.6 Å². The molecule has 2 aromatic rings. The van der Waals surface area contributed by atoms with E-state index >= 15 is 0 Å². The summed E-state index contributed by atoms with van der Waals surface area (Å²) in [6, 6.07) is 3.89. The van der Waals surface area contributed by atoms with E-state index in [1.165, 1.54) is 5.57 Å². The van der Waals surface area contributed by atoms with E-state index in [0.717, 1.165) is 36.3 Å². The van der Waals surface area contributed by atoms with Gasteiger partial charge in [0.15, 0.2) is 5.65 Å². The molecule has 152 valence electrons. The molecule has 6 heteroatoms. The van der Waals surface area contributed by atoms with Gasteiger partial charge in [0.2, 0.25) is 0 Å². The van der Waals surface area contributed by atoms with E-state index in [-0.39, 0.29) is 6.03 Å². The highest BCUT2D eigenvalue weighted by molar-refractivity contribution is 5.73. The highest BCUT2D eigenvalue weighted by atomic mass is 16.2. The summed E-state index contributed by atoms with van der Waals surface area (Å²) in [6.45, 7) is 10.2. The third-order valence-electron chi connectivity index (χ3n) is 5.86. The van der Waals surface area contributed by atoms with Crippen LogP contribution >= 0.6 is 0 Å². The minimum atomic E-state index is -0.0627. The third-order valence-corrected chi connectivity index (χ3v) is 5.86. The number of aromatic nitrogens is 3. The van der Waals surface area contributed by atoms with Crippen molar-refractivity contribution in [2.24, 2.45) is 23.7 Å². The molecule has 6 nitrogen and oxygen atoms in total. The van der Waals surface area contributed by atoms with Gasteiger partial charge in [-0.05, 0) is 55.6 Å². The number of nitrogens with one attached hydrogen (secondary N) is 3. The average molecular weight is 384 g/mol. The summed E-state index contributed by atoms with van der Waals surface area (Å²) in [5, 5.41) is 5.95. The zero-order valence-corrected chi connectivity index (χ0v) is 17.5. The second kappa shape index (κ2) is 9.22. The lowest BCUT2D eigenvalue weighted by molar-refractivity contribution is 0.213. The number of pyridine rings is 1. The molecule has 2 aromatic heterocycles. The van der Waals surface area contributed by atoms with E-state index in [1.54, 1.807) is 6.20 Å². The van der Waals surface area contributed by atoms with Crippen LogP contribution in [-0.2, 0) is 6.42 Å². The zero-order chi connectivity index (χ0) is 20.1. The fourth-order valence-electron chi connectivity index (χ4n) is 4.24. The van der Waals surface area contributed by atoms with E-state index in [9.17, 15) is 4.79 Å². The Morgan fingerprint density at radius 1 is 1.36 bits per heavy atom. The molecular weight excluding hydrogens is 350 g/mol. The minimum Gasteiger partial charge on any atom is -0.341 e. The molecule has 0 fully saturated rings. The summed E-state index contributed by atoms with van der Waals surface area (Å²) in [4.78, 5) is 24.3. The number of fused-ring (bicyclic) bond motifs is 1. The normalized spacial score (nSPS) is 22.3. The Kier molecular flexibility index (Phi) is 6.70. The molecular formula is C22H33N5O. The Morgan fingerprint density at radius 2 is 2.18 bits per heavy atom. The van der Waals surface area contributed by atoms with Crippen LogP contribution in [0.1, 0.15) is 46.4 Å². The predicted molar refractivity (Wildman–Crippen MR) is 113 cm³/mol. The molecule has 0 bridgehead atoms. The van der Waals surface area contributed by atoms with Gasteiger partial charge in [-0.1, -0.05) is 32.4 Å². The van der Waals surface area contributed by atoms with Crippen molar-refractivity contribution in [2.45, 2.75) is 47.0 Å². The Labute approximate surface area is 167 Å². The molecule has 3 N–H and O–H groups in total. The number of allylic oxidation sites excluding steroid dienone is 1. The van der Waals surface area contributed by atoms with Crippen LogP contribution in [-0.4, -0.2) is 34.1 Å². The van der Waals surface area contributed by atoms with E-state index < -0.39 is 0 Å². The first-order valence-corrected chi connectivity index (χ1v) is 10.5. The van der Waals surface area contributed by atoms with Crippen molar-refractivity contribution in [2.75, 3.05) is 13.1 Å². The van der Waals surface area contributed by atoms with Crippen molar-refractivity contribution in [3.8, 4) is 0 Å². The molecule has 1 aliphatic carbocycles. The van der Waals surface area contributed by atoms with Gasteiger partial charge in [0.1, 0.15) is 5.82 Å². The van der Waals surface area contributed by atoms with Crippen molar-refractivity contribution in [1.82, 2.24) is 25.6 Å². The number of hydrogen-bond acceptors (Lipinski definition) is 3. The maximum Gasteiger partial charge on any atom is 0.314 e. The first-order valence-electron chi connectivity index (χ1n) is 10.5. The predicted octanol–water partition coefficient (Wildman–Crippen LogP) is 4.06. The van der Waals surface area contributed by atoms with E-state index in [2.05, 4.69) is 59.4 Å². The molecule has 2 amide bonds. The Morgan fingerprint density at radius 3 is 2.89 bits per heavy atom. The van der Waals surface area contributed by atoms with Crippen molar-refractivity contribution >= 4 is 17.2 Å². The van der Waals surface area contributed by atoms with Crippen molar-refractivity contribution < 1.29 is 4.79 Å². The van der Waals surface area contributed by atoms with Crippen LogP contribution in [0, 0.1) is 23.7 Å². The highest BCUT2D eigenvalue weighted by Gasteiger charge is 2.32. The molecule has 0 spiro atoms. The van der Waals surface area contributed by atoms with Gasteiger partial charge < -0.3 is 15.6 Å². The monoisotopic (exact) mass is 383 g/mol. The number of carbonyl (C=O) groups excluding carboxylic acids is 1. The van der Waals surface area contributed by atoms with Crippen LogP contribution in [0.25, 0.3) is 11.2 Å². The number of H-pyrrole nitrogens is 1. The Balaban J connectivity index is 1.68. The number of amides is 2. The van der Waals surface area contributed by atoms with Crippen LogP contribution in [0.3, 0.4) is 0 Å². The molecule has 0 saturated heterocycles. The lowest BCUT2D eigenvalue weighted by Gasteiger charge is -2.37. The molecule has 2 heterocycles. The average Bonchev–Trinajstić information content (AvgIpc) is 3.08. The summed E-state index contributed by atoms with van der Waals surface area (Å²) in [7, 11) is 0. The van der Waals surface area contributed by atoms with E-state index in [4.69, 9.17) is 0 Å². The molecule has 28 heavy (non-hydrogen) atoms. The van der Waals surface area contributed by atoms with Crippen molar-refractivity contribution in [3.05, 3.63) is 35.8 Å². The molecule has 3 atom stereocenters. The number of carbonyl (C=O) groups is 1. The lowest BCUT2D eigenvalue weighted by Crippen LogP contribution is -2.41. The molecule has 0 aliphatic heterocycles. The maximum absolute atomic E-state index is 11.9. The number of urea groups is 1. The lowest BCUT2D eigenvalue weighted by atomic mass is 9.70. The molecule has 3 rings (SSSR count). The summed E-state index contributed by atoms with van der Waals surface area (Å²) in [5.41, 5.74) is 3.18. The molecule has 0 aromatic carbocycles. The fourth-order valence-corrected chi connectivity index (χ4v) is 4.24. The topological polar surface area (TPSA) is 82.7 Å². The molecule has 0 radical (unpaired) electrons. The van der Waals surface area contributed by atoms with Gasteiger partial charge in [-0.15, -0.1) is 0 Å². The summed E-state index contributed by atoms with van der Waals surface area (Å²) in [6.07, 6.45) is 7.12. The van der Waals surface area contributed by atoms with Crippen LogP contribution in [0.2, 0.25) is 0 Å². The van der Waals surface area contributed by atoms with Crippen LogP contribution in [0.15, 0.2) is 30.0 Å². The first-order chi connectivity index (χ1) is 13.5. The molecule has 0 unspecified atom stereocenters. The van der Waals surface area contributed by atoms with Gasteiger partial charge in [-0.25, -0.2) is 14.8 Å². The Bertz CT molecular complexity index is 792. The van der Waals surface area contributed by atoms with Crippen LogP contribution in [0.4, 0.5) is 4.79 Å². The standard InChI is InChI=1S/C22H33N5O/c1-5-8-24-22(28)25-13-17-10-15(4)16(11-18(17)14(2)3)12-20-26-19-7-6-9-23-21(19)27-20/h6-7,9-10,14,16-18H,5,8,11-13H2,1-4H3,(H,23,26,27)(H2,24,25,28)/t16-,17-,18-/m0/s1. The molecule has 0 saturated carbocycles. The largest absolute Gasteiger partial charge is 0.341 e. The van der Waals surface area contributed by atoms with Gasteiger partial charge in [0, 0.05) is 25.7 Å². The summed E-state index contributed by atoms with van der Waals surface area (Å²) < 4.78 is 0. The van der Waals surface area contributed by atoms with Gasteiger partial charge in [-0.2, -0.15) is 0 Å². The van der Waals surface area contributed by atoms with Crippen LogP contribution in [0.5, 0.6) is 0 Å². The van der Waals surface area contributed by atoms with Gasteiger partial charge in [0.05, 0.1) is 5.52 Å². The Hall–Kier alpha value is -2.37. The number of hydrogen-bond donors (Lipinski definition) is 3. The number of imidazole rings is 1. The quantitative estimate of drug-likeness (QED) is 0.631. The number of nitrogens with zero attached hydrogens (tertiary/aromatic N) is 2. The maximum atomic E-state index is 11.9. The highest BCUT2D eigenvalue weighted by Crippen LogP contribution is 2.38. The third kappa shape index (κ3) is 4.91. The summed E-state index contributed by atoms with van der Waals surface area (Å²) >= 11 is 0. The fraction of sp³-hybridized carbons (Fsp3) is 0.591. The minimum absolute atomic E-state index is 0.0627. The van der Waals surface area contributed by atoms with E-state index in [1.807, 2.05) is 12.1 Å². The van der Waals surface area contributed by atoms with E-state index in [0.29, 0.717) is 36.8 Å². The second-order valence-corrected chi connectivity index (χ2v) is 8.31. The second-order valence-electron chi connectivity index (χ2n) is 8.31. The first kappa shape index (κ1) is 20.4. The van der Waals surface area contributed by atoms with Gasteiger partial charge in [0.25, 0.3) is 0 Å². The van der Waals surface area contributed by atoms with Gasteiger partial charge in [-0.3, -0.25) is 0 Å². The number of rotatable bonds is 7. The summed E-state index contributed by atoms with van der Waals surface area (Å²) in [5.74, 6) is 2.96. The smallest absolute Gasteiger partial charge is 0.314 e. The van der Waals surface area contributed by atoms with Gasteiger partial charge >= 0.3 is 6.03 Å². The molecule has 1 aliphatic rings. The van der Waals surface area contributed by atoms with Crippen molar-refractivity contribution in [3.63, 3.8) is 0 Å².